The molecule has 0 aromatic heterocycles. The summed E-state index contributed by atoms with van der Waals surface area (Å²) >= 11 is 0. The SMILES string of the molecule is CCC1(C#CC(=O)OC)CC1. The molecule has 60 valence electrons. The maximum atomic E-state index is 10.6. The molecule has 0 heterocycles. The summed E-state index contributed by atoms with van der Waals surface area (Å²) in [7, 11) is 1.35. The highest BCUT2D eigenvalue weighted by Crippen LogP contribution is 2.47. The van der Waals surface area contributed by atoms with Gasteiger partial charge >= 0.3 is 5.97 Å². The van der Waals surface area contributed by atoms with Crippen molar-refractivity contribution in [2.75, 3.05) is 7.11 Å². The summed E-state index contributed by atoms with van der Waals surface area (Å²) in [6.45, 7) is 2.10. The van der Waals surface area contributed by atoms with Crippen molar-refractivity contribution in [1.82, 2.24) is 0 Å². The number of hydrogen-bond acceptors (Lipinski definition) is 2. The van der Waals surface area contributed by atoms with Crippen molar-refractivity contribution < 1.29 is 9.53 Å². The number of rotatable bonds is 1. The monoisotopic (exact) mass is 152 g/mol. The van der Waals surface area contributed by atoms with Crippen molar-refractivity contribution in [1.29, 1.82) is 0 Å². The van der Waals surface area contributed by atoms with Crippen LogP contribution in [0.3, 0.4) is 0 Å². The molecule has 0 spiro atoms. The maximum absolute atomic E-state index is 10.6. The van der Waals surface area contributed by atoms with E-state index >= 15 is 0 Å². The van der Waals surface area contributed by atoms with E-state index in [0.717, 1.165) is 19.3 Å². The van der Waals surface area contributed by atoms with Crippen molar-refractivity contribution in [2.24, 2.45) is 5.41 Å². The summed E-state index contributed by atoms with van der Waals surface area (Å²) in [5, 5.41) is 0. The van der Waals surface area contributed by atoms with E-state index in [1.54, 1.807) is 0 Å². The summed E-state index contributed by atoms with van der Waals surface area (Å²) < 4.78 is 4.41. The van der Waals surface area contributed by atoms with Crippen molar-refractivity contribution in [3.05, 3.63) is 0 Å². The Hall–Kier alpha value is -0.970. The van der Waals surface area contributed by atoms with Crippen LogP contribution in [0.1, 0.15) is 26.2 Å². The number of esters is 1. The standard InChI is InChI=1S/C9H12O2/c1-3-9(6-7-9)5-4-8(10)11-2/h3,6-7H2,1-2H3. The van der Waals surface area contributed by atoms with Crippen LogP contribution in [0.4, 0.5) is 0 Å². The number of hydrogen-bond donors (Lipinski definition) is 0. The first kappa shape index (κ1) is 8.13. The first-order chi connectivity index (χ1) is 5.22. The molecule has 1 aliphatic rings. The van der Waals surface area contributed by atoms with Crippen molar-refractivity contribution in [3.63, 3.8) is 0 Å². The fourth-order valence-corrected chi connectivity index (χ4v) is 0.952. The van der Waals surface area contributed by atoms with E-state index in [1.807, 2.05) is 0 Å². The van der Waals surface area contributed by atoms with E-state index < -0.39 is 5.97 Å². The van der Waals surface area contributed by atoms with Gasteiger partial charge in [0.15, 0.2) is 0 Å². The molecule has 0 saturated heterocycles. The van der Waals surface area contributed by atoms with E-state index in [1.165, 1.54) is 7.11 Å². The second-order valence-corrected chi connectivity index (χ2v) is 2.88. The van der Waals surface area contributed by atoms with E-state index in [2.05, 4.69) is 23.5 Å². The highest BCUT2D eigenvalue weighted by molar-refractivity contribution is 5.88. The Kier molecular flexibility index (Phi) is 2.19. The van der Waals surface area contributed by atoms with Crippen LogP contribution in [0.2, 0.25) is 0 Å². The van der Waals surface area contributed by atoms with Gasteiger partial charge in [0.05, 0.1) is 7.11 Å². The van der Waals surface area contributed by atoms with E-state index in [0.29, 0.717) is 0 Å². The van der Waals surface area contributed by atoms with Gasteiger partial charge in [0.2, 0.25) is 0 Å². The lowest BCUT2D eigenvalue weighted by molar-refractivity contribution is -0.133. The van der Waals surface area contributed by atoms with Crippen molar-refractivity contribution in [2.45, 2.75) is 26.2 Å². The van der Waals surface area contributed by atoms with E-state index in [-0.39, 0.29) is 5.41 Å². The third-order valence-corrected chi connectivity index (χ3v) is 2.15. The van der Waals surface area contributed by atoms with Crippen LogP contribution in [0.25, 0.3) is 0 Å². The first-order valence-electron chi connectivity index (χ1n) is 3.83. The third kappa shape index (κ3) is 1.98. The number of carbonyl (C=O) groups excluding carboxylic acids is 1. The van der Waals surface area contributed by atoms with Gasteiger partial charge in [0.25, 0.3) is 0 Å². The van der Waals surface area contributed by atoms with Crippen LogP contribution in [0.5, 0.6) is 0 Å². The van der Waals surface area contributed by atoms with Crippen LogP contribution >= 0.6 is 0 Å². The average molecular weight is 152 g/mol. The zero-order valence-electron chi connectivity index (χ0n) is 6.94. The topological polar surface area (TPSA) is 26.3 Å². The maximum Gasteiger partial charge on any atom is 0.384 e. The van der Waals surface area contributed by atoms with Gasteiger partial charge in [-0.05, 0) is 19.3 Å². The lowest BCUT2D eigenvalue weighted by Crippen LogP contribution is -1.98. The molecule has 0 bridgehead atoms. The summed E-state index contributed by atoms with van der Waals surface area (Å²) in [6, 6.07) is 0. The number of ether oxygens (including phenoxy) is 1. The Morgan fingerprint density at radius 1 is 1.64 bits per heavy atom. The summed E-state index contributed by atoms with van der Waals surface area (Å²) in [5.74, 6) is 4.99. The van der Waals surface area contributed by atoms with Gasteiger partial charge in [0, 0.05) is 11.3 Å². The third-order valence-electron chi connectivity index (χ3n) is 2.15. The molecule has 2 nitrogen and oxygen atoms in total. The Labute approximate surface area is 66.9 Å². The zero-order chi connectivity index (χ0) is 8.32. The highest BCUT2D eigenvalue weighted by Gasteiger charge is 2.38. The second kappa shape index (κ2) is 2.96. The lowest BCUT2D eigenvalue weighted by atomic mass is 10.1. The molecule has 0 atom stereocenters. The Bertz CT molecular complexity index is 215. The van der Waals surface area contributed by atoms with Gasteiger partial charge in [0.1, 0.15) is 0 Å². The summed E-state index contributed by atoms with van der Waals surface area (Å²) in [5.41, 5.74) is 0.161. The largest absolute Gasteiger partial charge is 0.459 e. The molecule has 1 fully saturated rings. The summed E-state index contributed by atoms with van der Waals surface area (Å²) in [6.07, 6.45) is 3.30. The summed E-state index contributed by atoms with van der Waals surface area (Å²) in [4.78, 5) is 10.6. The molecule has 0 unspecified atom stereocenters. The minimum Gasteiger partial charge on any atom is -0.459 e. The van der Waals surface area contributed by atoms with Crippen LogP contribution in [-0.4, -0.2) is 13.1 Å². The number of methoxy groups -OCH3 is 1. The van der Waals surface area contributed by atoms with Gasteiger partial charge in [-0.3, -0.25) is 0 Å². The second-order valence-electron chi connectivity index (χ2n) is 2.88. The minimum absolute atomic E-state index is 0.161. The average Bonchev–Trinajstić information content (AvgIpc) is 2.81. The predicted molar refractivity (Wildman–Crippen MR) is 41.8 cm³/mol. The van der Waals surface area contributed by atoms with Crippen molar-refractivity contribution in [3.8, 4) is 11.8 Å². The van der Waals surface area contributed by atoms with Crippen LogP contribution < -0.4 is 0 Å². The van der Waals surface area contributed by atoms with Gasteiger partial charge in [-0.15, -0.1) is 0 Å². The van der Waals surface area contributed by atoms with Crippen molar-refractivity contribution >= 4 is 5.97 Å². The molecule has 0 aromatic carbocycles. The quantitative estimate of drug-likeness (QED) is 0.322. The first-order valence-corrected chi connectivity index (χ1v) is 3.83. The molecule has 0 aromatic rings. The number of carbonyl (C=O) groups is 1. The van der Waals surface area contributed by atoms with Crippen LogP contribution in [0.15, 0.2) is 0 Å². The molecular weight excluding hydrogens is 140 g/mol. The van der Waals surface area contributed by atoms with Crippen LogP contribution in [0, 0.1) is 17.3 Å². The molecule has 1 saturated carbocycles. The van der Waals surface area contributed by atoms with E-state index in [9.17, 15) is 4.79 Å². The van der Waals surface area contributed by atoms with E-state index in [4.69, 9.17) is 0 Å². The lowest BCUT2D eigenvalue weighted by Gasteiger charge is -1.98. The Morgan fingerprint density at radius 3 is 2.64 bits per heavy atom. The minimum atomic E-state index is -0.426. The molecule has 2 heteroatoms. The molecule has 11 heavy (non-hydrogen) atoms. The van der Waals surface area contributed by atoms with Gasteiger partial charge in [-0.25, -0.2) is 4.79 Å². The molecule has 0 N–H and O–H groups in total. The van der Waals surface area contributed by atoms with Gasteiger partial charge < -0.3 is 4.74 Å². The molecule has 1 aliphatic carbocycles. The molecular formula is C9H12O2. The fraction of sp³-hybridized carbons (Fsp3) is 0.667. The molecule has 0 radical (unpaired) electrons. The van der Waals surface area contributed by atoms with Gasteiger partial charge in [-0.1, -0.05) is 12.8 Å². The fourth-order valence-electron chi connectivity index (χ4n) is 0.952. The molecule has 1 rings (SSSR count). The zero-order valence-corrected chi connectivity index (χ0v) is 6.94. The normalized spacial score (nSPS) is 18.0. The van der Waals surface area contributed by atoms with Gasteiger partial charge in [-0.2, -0.15) is 0 Å². The van der Waals surface area contributed by atoms with Crippen LogP contribution in [-0.2, 0) is 9.53 Å². The smallest absolute Gasteiger partial charge is 0.384 e. The molecule has 0 aliphatic heterocycles. The Morgan fingerprint density at radius 2 is 2.27 bits per heavy atom. The Balaban J connectivity index is 2.49. The predicted octanol–water partition coefficient (Wildman–Crippen LogP) is 1.35. The molecule has 0 amide bonds. The highest BCUT2D eigenvalue weighted by atomic mass is 16.5.